The van der Waals surface area contributed by atoms with E-state index >= 15 is 0 Å². The molecule has 0 aromatic carbocycles. The highest BCUT2D eigenvalue weighted by Gasteiger charge is 2.68. The Morgan fingerprint density at radius 1 is 1.21 bits per heavy atom. The lowest BCUT2D eigenvalue weighted by molar-refractivity contribution is -0.184. The van der Waals surface area contributed by atoms with Crippen molar-refractivity contribution < 1.29 is 29.3 Å². The van der Waals surface area contributed by atoms with Crippen LogP contribution >= 0.6 is 0 Å². The predicted octanol–water partition coefficient (Wildman–Crippen LogP) is 2.35. The number of aliphatic hydroxyl groups excluding tert-OH is 1. The van der Waals surface area contributed by atoms with Gasteiger partial charge in [-0.25, -0.2) is 0 Å². The summed E-state index contributed by atoms with van der Waals surface area (Å²) in [6, 6.07) is 0. The lowest BCUT2D eigenvalue weighted by atomic mass is 9.45. The van der Waals surface area contributed by atoms with E-state index in [2.05, 4.69) is 6.92 Å². The molecular weight excluding hydrogens is 372 g/mol. The van der Waals surface area contributed by atoms with Crippen LogP contribution in [0.3, 0.4) is 0 Å². The van der Waals surface area contributed by atoms with Crippen LogP contribution in [0.1, 0.15) is 65.7 Å². The van der Waals surface area contributed by atoms with Crippen LogP contribution in [0.4, 0.5) is 0 Å². The Labute approximate surface area is 171 Å². The average Bonchev–Trinajstić information content (AvgIpc) is 2.91. The Bertz CT molecular complexity index is 786. The van der Waals surface area contributed by atoms with Crippen LogP contribution in [0, 0.1) is 28.6 Å². The number of rotatable bonds is 3. The number of ether oxygens (including phenoxy) is 1. The Kier molecular flexibility index (Phi) is 4.82. The second-order valence-corrected chi connectivity index (χ2v) is 10.2. The number of esters is 1. The molecule has 4 aliphatic rings. The molecule has 6 heteroatoms. The third kappa shape index (κ3) is 2.86. The third-order valence-corrected chi connectivity index (χ3v) is 8.92. The van der Waals surface area contributed by atoms with Crippen LogP contribution in [0.5, 0.6) is 0 Å². The van der Waals surface area contributed by atoms with E-state index in [9.17, 15) is 24.6 Å². The average molecular weight is 405 g/mol. The second-order valence-electron chi connectivity index (χ2n) is 10.2. The number of fused-ring (bicyclic) bond motifs is 5. The van der Waals surface area contributed by atoms with Crippen molar-refractivity contribution in [1.82, 2.24) is 0 Å². The summed E-state index contributed by atoms with van der Waals surface area (Å²) < 4.78 is 4.89. The highest BCUT2D eigenvalue weighted by Crippen LogP contribution is 2.67. The number of carbonyl (C=O) groups is 3. The summed E-state index contributed by atoms with van der Waals surface area (Å²) in [6.07, 6.45) is 5.54. The molecule has 0 aliphatic heterocycles. The monoisotopic (exact) mass is 404 g/mol. The molecule has 0 amide bonds. The highest BCUT2D eigenvalue weighted by molar-refractivity contribution is 5.92. The number of hydrogen-bond acceptors (Lipinski definition) is 6. The van der Waals surface area contributed by atoms with Crippen LogP contribution in [0.15, 0.2) is 11.6 Å². The summed E-state index contributed by atoms with van der Waals surface area (Å²) in [7, 11) is 0. The molecule has 7 atom stereocenters. The molecule has 0 heterocycles. The van der Waals surface area contributed by atoms with Crippen molar-refractivity contribution in [2.75, 3.05) is 6.61 Å². The van der Waals surface area contributed by atoms with E-state index in [1.807, 2.05) is 6.92 Å². The molecule has 3 saturated carbocycles. The number of Topliss-reactive ketones (excluding diaryl/α,β-unsaturated/α-hetero) is 1. The van der Waals surface area contributed by atoms with Gasteiger partial charge in [-0.2, -0.15) is 0 Å². The third-order valence-electron chi connectivity index (χ3n) is 8.92. The standard InChI is InChI=1S/C23H32O6/c1-13(24)29-12-19(27)23(28)9-7-17-16-5-4-14-10-15(25)6-8-21(14,2)20(16)18(26)11-22(17,23)3/h10,16-18,20,26,28H,4-9,11-12H2,1-3H3/t16?,17?,18?,20?,21-,22+,23-/m0/s1. The van der Waals surface area contributed by atoms with E-state index in [0.29, 0.717) is 19.3 Å². The van der Waals surface area contributed by atoms with E-state index in [0.717, 1.165) is 31.3 Å². The second kappa shape index (κ2) is 6.74. The summed E-state index contributed by atoms with van der Waals surface area (Å²) in [5.41, 5.74) is -1.36. The van der Waals surface area contributed by atoms with Crippen LogP contribution in [-0.4, -0.2) is 46.1 Å². The maximum absolute atomic E-state index is 12.9. The number of hydrogen-bond donors (Lipinski definition) is 2. The van der Waals surface area contributed by atoms with Crippen molar-refractivity contribution in [1.29, 1.82) is 0 Å². The first-order chi connectivity index (χ1) is 13.5. The fourth-order valence-electron chi connectivity index (χ4n) is 7.44. The van der Waals surface area contributed by atoms with Gasteiger partial charge in [0.25, 0.3) is 0 Å². The zero-order chi connectivity index (χ0) is 21.2. The highest BCUT2D eigenvalue weighted by atomic mass is 16.5. The quantitative estimate of drug-likeness (QED) is 0.701. The smallest absolute Gasteiger partial charge is 0.303 e. The Balaban J connectivity index is 1.65. The molecule has 2 N–H and O–H groups in total. The first-order valence-corrected chi connectivity index (χ1v) is 10.8. The van der Waals surface area contributed by atoms with Gasteiger partial charge in [-0.05, 0) is 67.8 Å². The molecule has 0 saturated heterocycles. The van der Waals surface area contributed by atoms with Gasteiger partial charge in [0.15, 0.2) is 12.4 Å². The minimum Gasteiger partial charge on any atom is -0.458 e. The molecule has 0 aromatic heterocycles. The molecule has 160 valence electrons. The van der Waals surface area contributed by atoms with Crippen molar-refractivity contribution in [3.05, 3.63) is 11.6 Å². The molecule has 0 spiro atoms. The Morgan fingerprint density at radius 2 is 1.93 bits per heavy atom. The minimum atomic E-state index is -1.58. The number of carbonyl (C=O) groups excluding carboxylic acids is 3. The van der Waals surface area contributed by atoms with Gasteiger partial charge >= 0.3 is 5.97 Å². The Hall–Kier alpha value is -1.53. The van der Waals surface area contributed by atoms with Gasteiger partial charge in [0.05, 0.1) is 6.10 Å². The fraction of sp³-hybridized carbons (Fsp3) is 0.783. The lowest BCUT2D eigenvalue weighted by Gasteiger charge is -2.60. The number of ketones is 2. The summed E-state index contributed by atoms with van der Waals surface area (Å²) in [4.78, 5) is 36.0. The largest absolute Gasteiger partial charge is 0.458 e. The molecule has 0 radical (unpaired) electrons. The van der Waals surface area contributed by atoms with Crippen LogP contribution in [0.2, 0.25) is 0 Å². The summed E-state index contributed by atoms with van der Waals surface area (Å²) in [6.45, 7) is 4.92. The number of allylic oxidation sites excluding steroid dienone is 1. The summed E-state index contributed by atoms with van der Waals surface area (Å²) in [5.74, 6) is -0.462. The van der Waals surface area contributed by atoms with Gasteiger partial charge < -0.3 is 14.9 Å². The Morgan fingerprint density at radius 3 is 2.62 bits per heavy atom. The van der Waals surface area contributed by atoms with Crippen LogP contribution in [0.25, 0.3) is 0 Å². The van der Waals surface area contributed by atoms with Gasteiger partial charge in [0, 0.05) is 18.8 Å². The van der Waals surface area contributed by atoms with E-state index in [-0.39, 0.29) is 29.0 Å². The molecule has 29 heavy (non-hydrogen) atoms. The first kappa shape index (κ1) is 20.7. The van der Waals surface area contributed by atoms with E-state index in [4.69, 9.17) is 4.74 Å². The topological polar surface area (TPSA) is 101 Å². The van der Waals surface area contributed by atoms with Gasteiger partial charge in [-0.3, -0.25) is 14.4 Å². The lowest BCUT2D eigenvalue weighted by Crippen LogP contribution is -2.62. The molecule has 3 fully saturated rings. The maximum Gasteiger partial charge on any atom is 0.303 e. The molecule has 4 aliphatic carbocycles. The van der Waals surface area contributed by atoms with Crippen molar-refractivity contribution in [3.8, 4) is 0 Å². The zero-order valence-electron chi connectivity index (χ0n) is 17.6. The van der Waals surface area contributed by atoms with Crippen molar-refractivity contribution in [2.24, 2.45) is 28.6 Å². The van der Waals surface area contributed by atoms with E-state index < -0.39 is 35.5 Å². The summed E-state index contributed by atoms with van der Waals surface area (Å²) in [5, 5.41) is 22.8. The van der Waals surface area contributed by atoms with E-state index in [1.54, 1.807) is 6.08 Å². The molecule has 0 aromatic rings. The van der Waals surface area contributed by atoms with Crippen molar-refractivity contribution in [2.45, 2.75) is 77.4 Å². The molecule has 4 rings (SSSR count). The maximum atomic E-state index is 12.9. The summed E-state index contributed by atoms with van der Waals surface area (Å²) >= 11 is 0. The molecule has 6 nitrogen and oxygen atoms in total. The predicted molar refractivity (Wildman–Crippen MR) is 105 cm³/mol. The van der Waals surface area contributed by atoms with Gasteiger partial charge in [0.2, 0.25) is 5.78 Å². The molecular formula is C23H32O6. The van der Waals surface area contributed by atoms with Crippen molar-refractivity contribution in [3.63, 3.8) is 0 Å². The SMILES string of the molecule is CC(=O)OCC(=O)[C@@]1(O)CCC2C3CCC4=CC(=O)CC[C@]4(C)C3C(O)C[C@]21C. The normalized spacial score (nSPS) is 46.2. The fourth-order valence-corrected chi connectivity index (χ4v) is 7.44. The van der Waals surface area contributed by atoms with E-state index in [1.165, 1.54) is 6.92 Å². The van der Waals surface area contributed by atoms with Gasteiger partial charge in [0.1, 0.15) is 5.60 Å². The van der Waals surface area contributed by atoms with Crippen LogP contribution < -0.4 is 0 Å². The molecule has 4 unspecified atom stereocenters. The first-order valence-electron chi connectivity index (χ1n) is 10.8. The van der Waals surface area contributed by atoms with Gasteiger partial charge in [-0.1, -0.05) is 19.4 Å². The number of aliphatic hydroxyl groups is 2. The zero-order valence-corrected chi connectivity index (χ0v) is 17.6. The van der Waals surface area contributed by atoms with Crippen LogP contribution in [-0.2, 0) is 19.1 Å². The minimum absolute atomic E-state index is 0.0413. The van der Waals surface area contributed by atoms with Gasteiger partial charge in [-0.15, -0.1) is 0 Å². The van der Waals surface area contributed by atoms with Crippen molar-refractivity contribution >= 4 is 17.5 Å². The molecule has 0 bridgehead atoms.